The van der Waals surface area contributed by atoms with Crippen molar-refractivity contribution in [1.29, 1.82) is 0 Å². The maximum absolute atomic E-state index is 13.2. The number of nitrogens with one attached hydrogen (secondary N) is 1. The Hall–Kier alpha value is -2.73. The number of amides is 2. The summed E-state index contributed by atoms with van der Waals surface area (Å²) in [6.45, 7) is 6.53. The van der Waals surface area contributed by atoms with Crippen molar-refractivity contribution in [3.63, 3.8) is 0 Å². The highest BCUT2D eigenvalue weighted by molar-refractivity contribution is 6.31. The fraction of sp³-hybridized carbons (Fsp3) is 0.440. The quantitative estimate of drug-likeness (QED) is 0.464. The van der Waals surface area contributed by atoms with E-state index < -0.39 is 6.04 Å². The van der Waals surface area contributed by atoms with Gasteiger partial charge in [-0.15, -0.1) is 0 Å². The van der Waals surface area contributed by atoms with E-state index in [1.54, 1.807) is 30.2 Å². The van der Waals surface area contributed by atoms with Gasteiger partial charge in [0.05, 0.1) is 7.11 Å². The number of carbonyl (C=O) groups excluding carboxylic acids is 2. The Kier molecular flexibility index (Phi) is 10.3. The Morgan fingerprint density at radius 3 is 2.56 bits per heavy atom. The van der Waals surface area contributed by atoms with Crippen LogP contribution in [0.4, 0.5) is 0 Å². The second kappa shape index (κ2) is 13.0. The number of aryl methyl sites for hydroxylation is 1. The van der Waals surface area contributed by atoms with Crippen LogP contribution in [0.2, 0.25) is 5.02 Å². The number of hydrogen-bond donors (Lipinski definition) is 1. The number of hydrogen-bond acceptors (Lipinski definition) is 4. The molecule has 2 aromatic carbocycles. The van der Waals surface area contributed by atoms with Gasteiger partial charge in [0.2, 0.25) is 5.91 Å². The molecule has 0 saturated carbocycles. The molecule has 0 fully saturated rings. The predicted molar refractivity (Wildman–Crippen MR) is 127 cm³/mol. The second-order valence-corrected chi connectivity index (χ2v) is 8.05. The molecule has 0 heterocycles. The number of benzene rings is 2. The molecule has 0 saturated heterocycles. The zero-order chi connectivity index (χ0) is 23.5. The summed E-state index contributed by atoms with van der Waals surface area (Å²) in [7, 11) is 1.60. The molecular weight excluding hydrogens is 428 g/mol. The summed E-state index contributed by atoms with van der Waals surface area (Å²) in [4.78, 5) is 27.7. The fourth-order valence-corrected chi connectivity index (χ4v) is 3.45. The highest BCUT2D eigenvalue weighted by atomic mass is 35.5. The van der Waals surface area contributed by atoms with Gasteiger partial charge in [-0.05, 0) is 61.2 Å². The molecule has 1 N–H and O–H groups in total. The summed E-state index contributed by atoms with van der Waals surface area (Å²) in [6, 6.07) is 12.1. The molecule has 7 heteroatoms. The summed E-state index contributed by atoms with van der Waals surface area (Å²) in [5.74, 6) is 0.836. The monoisotopic (exact) mass is 460 g/mol. The molecule has 0 aromatic heterocycles. The summed E-state index contributed by atoms with van der Waals surface area (Å²) < 4.78 is 11.0. The maximum atomic E-state index is 13.2. The van der Waals surface area contributed by atoms with Crippen LogP contribution >= 0.6 is 11.6 Å². The van der Waals surface area contributed by atoms with Crippen molar-refractivity contribution in [2.24, 2.45) is 0 Å². The van der Waals surface area contributed by atoms with Gasteiger partial charge in [-0.2, -0.15) is 0 Å². The largest absolute Gasteiger partial charge is 0.497 e. The zero-order valence-corrected chi connectivity index (χ0v) is 20.1. The number of unbranched alkanes of at least 4 members (excludes halogenated alkanes) is 1. The van der Waals surface area contributed by atoms with Gasteiger partial charge in [0, 0.05) is 18.1 Å². The molecule has 0 aliphatic rings. The third-order valence-corrected chi connectivity index (χ3v) is 5.62. The molecule has 0 radical (unpaired) electrons. The molecule has 2 amide bonds. The minimum atomic E-state index is -0.596. The van der Waals surface area contributed by atoms with Gasteiger partial charge in [0.25, 0.3) is 5.91 Å². The standard InChI is InChI=1S/C25H33ClN2O4/c1-5-7-13-27-25(30)23(6-2)28(16-19-9-8-10-20(15-19)31-4)24(29)17-32-21-11-12-22(26)18(3)14-21/h8-12,14-15,23H,5-7,13,16-17H2,1-4H3,(H,27,30)/t23-/m1/s1. The average Bonchev–Trinajstić information content (AvgIpc) is 2.79. The van der Waals surface area contributed by atoms with Crippen LogP contribution in [0.3, 0.4) is 0 Å². The third-order valence-electron chi connectivity index (χ3n) is 5.19. The lowest BCUT2D eigenvalue weighted by atomic mass is 10.1. The molecule has 0 spiro atoms. The Bertz CT molecular complexity index is 903. The summed E-state index contributed by atoms with van der Waals surface area (Å²) in [5.41, 5.74) is 1.74. The number of halogens is 1. The molecule has 0 unspecified atom stereocenters. The normalized spacial score (nSPS) is 11.5. The SMILES string of the molecule is CCCCNC(=O)[C@@H](CC)N(Cc1cccc(OC)c1)C(=O)COc1ccc(Cl)c(C)c1. The Morgan fingerprint density at radius 2 is 1.91 bits per heavy atom. The van der Waals surface area contributed by atoms with E-state index in [4.69, 9.17) is 21.1 Å². The van der Waals surface area contributed by atoms with E-state index in [0.717, 1.165) is 24.0 Å². The van der Waals surface area contributed by atoms with Crippen LogP contribution in [0.5, 0.6) is 11.5 Å². The minimum absolute atomic E-state index is 0.153. The molecule has 0 aliphatic carbocycles. The van der Waals surface area contributed by atoms with Gasteiger partial charge in [0.15, 0.2) is 6.61 Å². The van der Waals surface area contributed by atoms with Crippen molar-refractivity contribution < 1.29 is 19.1 Å². The van der Waals surface area contributed by atoms with E-state index in [-0.39, 0.29) is 25.0 Å². The molecule has 2 rings (SSSR count). The fourth-order valence-electron chi connectivity index (χ4n) is 3.33. The van der Waals surface area contributed by atoms with Crippen LogP contribution in [0.1, 0.15) is 44.2 Å². The molecule has 6 nitrogen and oxygen atoms in total. The van der Waals surface area contributed by atoms with Crippen molar-refractivity contribution in [2.75, 3.05) is 20.3 Å². The number of ether oxygens (including phenoxy) is 2. The van der Waals surface area contributed by atoms with Crippen molar-refractivity contribution in [2.45, 2.75) is 52.6 Å². The van der Waals surface area contributed by atoms with E-state index in [2.05, 4.69) is 12.2 Å². The van der Waals surface area contributed by atoms with E-state index >= 15 is 0 Å². The summed E-state index contributed by atoms with van der Waals surface area (Å²) in [6.07, 6.45) is 2.37. The summed E-state index contributed by atoms with van der Waals surface area (Å²) >= 11 is 6.07. The van der Waals surface area contributed by atoms with Gasteiger partial charge >= 0.3 is 0 Å². The Morgan fingerprint density at radius 1 is 1.12 bits per heavy atom. The van der Waals surface area contributed by atoms with Crippen LogP contribution in [-0.2, 0) is 16.1 Å². The molecule has 0 bridgehead atoms. The lowest BCUT2D eigenvalue weighted by Gasteiger charge is -2.30. The van der Waals surface area contributed by atoms with E-state index in [0.29, 0.717) is 29.5 Å². The van der Waals surface area contributed by atoms with Crippen LogP contribution in [0.15, 0.2) is 42.5 Å². The number of methoxy groups -OCH3 is 1. The van der Waals surface area contributed by atoms with E-state index in [1.165, 1.54) is 0 Å². The second-order valence-electron chi connectivity index (χ2n) is 7.64. The van der Waals surface area contributed by atoms with Gasteiger partial charge in [0.1, 0.15) is 17.5 Å². The first-order chi connectivity index (χ1) is 15.4. The molecule has 32 heavy (non-hydrogen) atoms. The van der Waals surface area contributed by atoms with Crippen molar-refractivity contribution in [3.05, 3.63) is 58.6 Å². The van der Waals surface area contributed by atoms with Gasteiger partial charge < -0.3 is 19.7 Å². The predicted octanol–water partition coefficient (Wildman–Crippen LogP) is 4.76. The first-order valence-corrected chi connectivity index (χ1v) is 11.4. The molecule has 0 aliphatic heterocycles. The van der Waals surface area contributed by atoms with E-state index in [9.17, 15) is 9.59 Å². The number of carbonyl (C=O) groups is 2. The maximum Gasteiger partial charge on any atom is 0.261 e. The molecular formula is C25H33ClN2O4. The van der Waals surface area contributed by atoms with Crippen LogP contribution < -0.4 is 14.8 Å². The highest BCUT2D eigenvalue weighted by Gasteiger charge is 2.29. The lowest BCUT2D eigenvalue weighted by Crippen LogP contribution is -2.50. The number of rotatable bonds is 12. The van der Waals surface area contributed by atoms with Crippen LogP contribution in [-0.4, -0.2) is 43.0 Å². The van der Waals surface area contributed by atoms with Crippen molar-refractivity contribution >= 4 is 23.4 Å². The minimum Gasteiger partial charge on any atom is -0.497 e. The number of nitrogens with zero attached hydrogens (tertiary/aromatic N) is 1. The van der Waals surface area contributed by atoms with Gasteiger partial charge in [-0.1, -0.05) is 44.0 Å². The summed E-state index contributed by atoms with van der Waals surface area (Å²) in [5, 5.41) is 3.59. The van der Waals surface area contributed by atoms with Crippen LogP contribution in [0, 0.1) is 6.92 Å². The average molecular weight is 461 g/mol. The van der Waals surface area contributed by atoms with Crippen LogP contribution in [0.25, 0.3) is 0 Å². The van der Waals surface area contributed by atoms with Gasteiger partial charge in [-0.3, -0.25) is 9.59 Å². The molecule has 174 valence electrons. The van der Waals surface area contributed by atoms with Crippen molar-refractivity contribution in [3.8, 4) is 11.5 Å². The smallest absolute Gasteiger partial charge is 0.261 e. The van der Waals surface area contributed by atoms with E-state index in [1.807, 2.05) is 38.1 Å². The first-order valence-electron chi connectivity index (χ1n) is 11.0. The molecule has 2 aromatic rings. The highest BCUT2D eigenvalue weighted by Crippen LogP contribution is 2.22. The topological polar surface area (TPSA) is 67.9 Å². The first kappa shape index (κ1) is 25.5. The zero-order valence-electron chi connectivity index (χ0n) is 19.3. The Balaban J connectivity index is 2.20. The lowest BCUT2D eigenvalue weighted by molar-refractivity contribution is -0.143. The third kappa shape index (κ3) is 7.45. The van der Waals surface area contributed by atoms with Crippen molar-refractivity contribution in [1.82, 2.24) is 10.2 Å². The molecule has 1 atom stereocenters. The Labute approximate surface area is 195 Å². The van der Waals surface area contributed by atoms with Gasteiger partial charge in [-0.25, -0.2) is 0 Å².